The summed E-state index contributed by atoms with van der Waals surface area (Å²) in [6.07, 6.45) is 1.41. The summed E-state index contributed by atoms with van der Waals surface area (Å²) in [5.74, 6) is -5.22. The second kappa shape index (κ2) is 7.45. The molecule has 0 radical (unpaired) electrons. The Kier molecular flexibility index (Phi) is 5.09. The molecule has 132 valence electrons. The number of rotatable bonds is 4. The lowest BCUT2D eigenvalue weighted by molar-refractivity contribution is 0.102. The second-order valence-corrected chi connectivity index (χ2v) is 5.68. The van der Waals surface area contributed by atoms with Gasteiger partial charge in [0, 0.05) is 10.7 Å². The van der Waals surface area contributed by atoms with Crippen molar-refractivity contribution in [2.75, 3.05) is 10.6 Å². The van der Waals surface area contributed by atoms with Gasteiger partial charge in [0.05, 0.1) is 17.6 Å². The predicted octanol–water partition coefficient (Wildman–Crippen LogP) is 5.15. The molecular formula is C18H11ClF3N3O. The molecule has 4 nitrogen and oxygen atoms in total. The molecule has 3 aromatic rings. The SMILES string of the molecule is O=C(Nc1ccc(F)c(F)c1F)c1ccc(Nc2ccc(Cl)cc2)cn1. The normalized spacial score (nSPS) is 10.5. The predicted molar refractivity (Wildman–Crippen MR) is 93.2 cm³/mol. The number of aromatic nitrogens is 1. The molecule has 0 aliphatic rings. The van der Waals surface area contributed by atoms with Gasteiger partial charge >= 0.3 is 0 Å². The first-order valence-corrected chi connectivity index (χ1v) is 7.75. The summed E-state index contributed by atoms with van der Waals surface area (Å²) in [5.41, 5.74) is 0.898. The van der Waals surface area contributed by atoms with Crippen LogP contribution in [-0.4, -0.2) is 10.9 Å². The molecule has 26 heavy (non-hydrogen) atoms. The molecule has 0 fully saturated rings. The minimum Gasteiger partial charge on any atom is -0.354 e. The van der Waals surface area contributed by atoms with Crippen molar-refractivity contribution in [2.45, 2.75) is 0 Å². The molecule has 0 bridgehead atoms. The first-order valence-electron chi connectivity index (χ1n) is 7.37. The van der Waals surface area contributed by atoms with E-state index in [1.165, 1.54) is 12.3 Å². The van der Waals surface area contributed by atoms with Gasteiger partial charge in [-0.05, 0) is 48.5 Å². The lowest BCUT2D eigenvalue weighted by Crippen LogP contribution is -2.15. The highest BCUT2D eigenvalue weighted by atomic mass is 35.5. The number of nitrogens with one attached hydrogen (secondary N) is 2. The maximum atomic E-state index is 13.6. The minimum absolute atomic E-state index is 0.0178. The van der Waals surface area contributed by atoms with Gasteiger partial charge in [-0.25, -0.2) is 18.2 Å². The van der Waals surface area contributed by atoms with Crippen molar-refractivity contribution < 1.29 is 18.0 Å². The summed E-state index contributed by atoms with van der Waals surface area (Å²) in [4.78, 5) is 16.0. The Hall–Kier alpha value is -3.06. The highest BCUT2D eigenvalue weighted by Crippen LogP contribution is 2.21. The third-order valence-electron chi connectivity index (χ3n) is 3.41. The van der Waals surface area contributed by atoms with Crippen LogP contribution >= 0.6 is 11.6 Å². The van der Waals surface area contributed by atoms with Crippen molar-refractivity contribution in [3.63, 3.8) is 0 Å². The van der Waals surface area contributed by atoms with Crippen molar-refractivity contribution in [3.05, 3.63) is 82.9 Å². The zero-order valence-electron chi connectivity index (χ0n) is 13.1. The van der Waals surface area contributed by atoms with Gasteiger partial charge in [0.2, 0.25) is 0 Å². The minimum atomic E-state index is -1.65. The summed E-state index contributed by atoms with van der Waals surface area (Å²) in [6.45, 7) is 0. The number of hydrogen-bond acceptors (Lipinski definition) is 3. The summed E-state index contributed by atoms with van der Waals surface area (Å²) in [7, 11) is 0. The standard InChI is InChI=1S/C18H11ClF3N3O/c19-10-1-3-11(4-2-10)24-12-5-7-15(23-9-12)18(26)25-14-8-6-13(20)16(21)17(14)22/h1-9,24H,(H,25,26). The van der Waals surface area contributed by atoms with Crippen LogP contribution < -0.4 is 10.6 Å². The summed E-state index contributed by atoms with van der Waals surface area (Å²) < 4.78 is 39.7. The number of carbonyl (C=O) groups is 1. The van der Waals surface area contributed by atoms with E-state index in [0.29, 0.717) is 10.7 Å². The van der Waals surface area contributed by atoms with Crippen LogP contribution in [0, 0.1) is 17.5 Å². The Balaban J connectivity index is 1.71. The van der Waals surface area contributed by atoms with E-state index in [0.717, 1.165) is 17.8 Å². The number of benzene rings is 2. The number of carbonyl (C=O) groups excluding carboxylic acids is 1. The molecule has 0 unspecified atom stereocenters. The van der Waals surface area contributed by atoms with Gasteiger partial charge in [0.15, 0.2) is 17.5 Å². The zero-order chi connectivity index (χ0) is 18.7. The van der Waals surface area contributed by atoms with Gasteiger partial charge in [-0.2, -0.15) is 0 Å². The van der Waals surface area contributed by atoms with Gasteiger partial charge in [0.1, 0.15) is 5.69 Å². The number of pyridine rings is 1. The van der Waals surface area contributed by atoms with Crippen molar-refractivity contribution in [1.29, 1.82) is 0 Å². The van der Waals surface area contributed by atoms with Crippen LogP contribution in [0.5, 0.6) is 0 Å². The van der Waals surface area contributed by atoms with Crippen molar-refractivity contribution in [3.8, 4) is 0 Å². The Morgan fingerprint density at radius 3 is 2.23 bits per heavy atom. The monoisotopic (exact) mass is 377 g/mol. The number of nitrogens with zero attached hydrogens (tertiary/aromatic N) is 1. The van der Waals surface area contributed by atoms with Crippen LogP contribution in [0.2, 0.25) is 5.02 Å². The molecule has 8 heteroatoms. The number of hydrogen-bond donors (Lipinski definition) is 2. The third-order valence-corrected chi connectivity index (χ3v) is 3.66. The van der Waals surface area contributed by atoms with E-state index in [1.54, 1.807) is 30.3 Å². The molecule has 0 spiro atoms. The van der Waals surface area contributed by atoms with E-state index in [2.05, 4.69) is 15.6 Å². The van der Waals surface area contributed by atoms with Gasteiger partial charge in [0.25, 0.3) is 5.91 Å². The summed E-state index contributed by atoms with van der Waals surface area (Å²) >= 11 is 5.81. The molecule has 0 aliphatic heterocycles. The van der Waals surface area contributed by atoms with Gasteiger partial charge in [-0.15, -0.1) is 0 Å². The average Bonchev–Trinajstić information content (AvgIpc) is 2.64. The zero-order valence-corrected chi connectivity index (χ0v) is 13.8. The Bertz CT molecular complexity index is 947. The van der Waals surface area contributed by atoms with E-state index in [1.807, 2.05) is 0 Å². The molecular weight excluding hydrogens is 367 g/mol. The largest absolute Gasteiger partial charge is 0.354 e. The molecule has 0 saturated heterocycles. The lowest BCUT2D eigenvalue weighted by atomic mass is 10.2. The maximum Gasteiger partial charge on any atom is 0.274 e. The molecule has 0 aliphatic carbocycles. The van der Waals surface area contributed by atoms with Crippen LogP contribution in [0.25, 0.3) is 0 Å². The quantitative estimate of drug-likeness (QED) is 0.618. The number of anilines is 3. The van der Waals surface area contributed by atoms with Crippen LogP contribution in [-0.2, 0) is 0 Å². The van der Waals surface area contributed by atoms with Crippen molar-refractivity contribution in [2.24, 2.45) is 0 Å². The highest BCUT2D eigenvalue weighted by Gasteiger charge is 2.16. The number of halogens is 4. The molecule has 1 amide bonds. The fourth-order valence-electron chi connectivity index (χ4n) is 2.11. The average molecular weight is 378 g/mol. The number of amides is 1. The molecule has 1 heterocycles. The van der Waals surface area contributed by atoms with Crippen LogP contribution in [0.3, 0.4) is 0 Å². The summed E-state index contributed by atoms with van der Waals surface area (Å²) in [5, 5.41) is 5.82. The molecule has 0 atom stereocenters. The maximum absolute atomic E-state index is 13.6. The first-order chi connectivity index (χ1) is 12.4. The first kappa shape index (κ1) is 17.8. The van der Waals surface area contributed by atoms with E-state index in [9.17, 15) is 18.0 Å². The van der Waals surface area contributed by atoms with Crippen LogP contribution in [0.4, 0.5) is 30.2 Å². The smallest absolute Gasteiger partial charge is 0.274 e. The molecule has 2 N–H and O–H groups in total. The fourth-order valence-corrected chi connectivity index (χ4v) is 2.24. The molecule has 2 aromatic carbocycles. The van der Waals surface area contributed by atoms with Crippen molar-refractivity contribution in [1.82, 2.24) is 4.98 Å². The summed E-state index contributed by atoms with van der Waals surface area (Å²) in [6, 6.07) is 11.6. The Labute approximate surface area is 151 Å². The highest BCUT2D eigenvalue weighted by molar-refractivity contribution is 6.30. The van der Waals surface area contributed by atoms with Gasteiger partial charge in [-0.1, -0.05) is 11.6 Å². The van der Waals surface area contributed by atoms with E-state index < -0.39 is 29.0 Å². The van der Waals surface area contributed by atoms with E-state index >= 15 is 0 Å². The van der Waals surface area contributed by atoms with Crippen molar-refractivity contribution >= 4 is 34.6 Å². The molecule has 3 rings (SSSR count). The molecule has 1 aromatic heterocycles. The second-order valence-electron chi connectivity index (χ2n) is 5.24. The fraction of sp³-hybridized carbons (Fsp3) is 0. The Morgan fingerprint density at radius 1 is 0.885 bits per heavy atom. The topological polar surface area (TPSA) is 54.0 Å². The van der Waals surface area contributed by atoms with E-state index in [4.69, 9.17) is 11.6 Å². The van der Waals surface area contributed by atoms with E-state index in [-0.39, 0.29) is 5.69 Å². The van der Waals surface area contributed by atoms with Gasteiger partial charge < -0.3 is 10.6 Å². The molecule has 0 saturated carbocycles. The Morgan fingerprint density at radius 2 is 1.58 bits per heavy atom. The van der Waals surface area contributed by atoms with Gasteiger partial charge in [-0.3, -0.25) is 4.79 Å². The third kappa shape index (κ3) is 3.94. The lowest BCUT2D eigenvalue weighted by Gasteiger charge is -2.09. The van der Waals surface area contributed by atoms with Crippen LogP contribution in [0.15, 0.2) is 54.7 Å². The van der Waals surface area contributed by atoms with Crippen LogP contribution in [0.1, 0.15) is 10.5 Å².